The van der Waals surface area contributed by atoms with Crippen LogP contribution in [0.2, 0.25) is 0 Å². The normalized spacial score (nSPS) is 23.4. The number of hydrogen-bond acceptors (Lipinski definition) is 3. The molecule has 0 N–H and O–H groups in total. The summed E-state index contributed by atoms with van der Waals surface area (Å²) in [5.74, 6) is 1.08. The molecule has 1 aromatic carbocycles. The van der Waals surface area contributed by atoms with Crippen LogP contribution < -0.4 is 4.74 Å². The average molecular weight is 289 g/mol. The highest BCUT2D eigenvalue weighted by Crippen LogP contribution is 2.45. The zero-order valence-electron chi connectivity index (χ0n) is 12.9. The molecule has 1 spiro atoms. The van der Waals surface area contributed by atoms with Crippen molar-refractivity contribution in [1.82, 2.24) is 4.90 Å². The highest BCUT2D eigenvalue weighted by molar-refractivity contribution is 5.78. The predicted molar refractivity (Wildman–Crippen MR) is 80.7 cm³/mol. The van der Waals surface area contributed by atoms with Crippen LogP contribution >= 0.6 is 0 Å². The molecule has 114 valence electrons. The standard InChI is InChI=1S/C17H23NO3/c1-3-13-5-6-15-14(9-13)17(12-21-15)7-8-18(11-17)16(19)10-20-4-2/h5-6,9H,3-4,7-8,10-12H2,1-2H3. The van der Waals surface area contributed by atoms with Gasteiger partial charge in [0.2, 0.25) is 5.91 Å². The lowest BCUT2D eigenvalue weighted by molar-refractivity contribution is -0.135. The van der Waals surface area contributed by atoms with Crippen molar-refractivity contribution >= 4 is 5.91 Å². The second-order valence-electron chi connectivity index (χ2n) is 5.96. The van der Waals surface area contributed by atoms with Crippen LogP contribution in [-0.4, -0.2) is 43.7 Å². The van der Waals surface area contributed by atoms with Gasteiger partial charge in [-0.05, 0) is 31.4 Å². The Labute approximate surface area is 126 Å². The average Bonchev–Trinajstić information content (AvgIpc) is 3.10. The molecule has 1 aromatic rings. The van der Waals surface area contributed by atoms with Gasteiger partial charge in [-0.3, -0.25) is 4.79 Å². The number of fused-ring (bicyclic) bond motifs is 2. The molecule has 3 rings (SSSR count). The topological polar surface area (TPSA) is 38.8 Å². The van der Waals surface area contributed by atoms with Crippen LogP contribution in [0.1, 0.15) is 31.4 Å². The van der Waals surface area contributed by atoms with Crippen molar-refractivity contribution in [2.75, 3.05) is 32.9 Å². The van der Waals surface area contributed by atoms with Crippen LogP contribution in [0.4, 0.5) is 0 Å². The first-order valence-electron chi connectivity index (χ1n) is 7.80. The maximum absolute atomic E-state index is 12.1. The molecular formula is C17H23NO3. The third-order valence-corrected chi connectivity index (χ3v) is 4.66. The lowest BCUT2D eigenvalue weighted by Crippen LogP contribution is -2.37. The Kier molecular flexibility index (Phi) is 3.89. The van der Waals surface area contributed by atoms with Crippen LogP contribution in [0, 0.1) is 0 Å². The Balaban J connectivity index is 1.78. The van der Waals surface area contributed by atoms with Crippen LogP contribution in [0.15, 0.2) is 18.2 Å². The lowest BCUT2D eigenvalue weighted by atomic mass is 9.81. The van der Waals surface area contributed by atoms with Gasteiger partial charge in [0, 0.05) is 25.3 Å². The molecule has 0 aromatic heterocycles. The van der Waals surface area contributed by atoms with E-state index in [0.29, 0.717) is 13.2 Å². The number of ether oxygens (including phenoxy) is 2. The Bertz CT molecular complexity index is 543. The quantitative estimate of drug-likeness (QED) is 0.852. The lowest BCUT2D eigenvalue weighted by Gasteiger charge is -2.23. The summed E-state index contributed by atoms with van der Waals surface area (Å²) in [6.45, 7) is 7.08. The Morgan fingerprint density at radius 1 is 1.43 bits per heavy atom. The van der Waals surface area contributed by atoms with Crippen LogP contribution in [0.25, 0.3) is 0 Å². The number of amides is 1. The van der Waals surface area contributed by atoms with E-state index < -0.39 is 0 Å². The summed E-state index contributed by atoms with van der Waals surface area (Å²) in [7, 11) is 0. The molecule has 1 amide bonds. The molecule has 0 bridgehead atoms. The summed E-state index contributed by atoms with van der Waals surface area (Å²) in [6.07, 6.45) is 2.00. The van der Waals surface area contributed by atoms with E-state index in [1.54, 1.807) is 0 Å². The van der Waals surface area contributed by atoms with E-state index in [1.165, 1.54) is 11.1 Å². The molecule has 21 heavy (non-hydrogen) atoms. The molecule has 2 aliphatic rings. The zero-order valence-corrected chi connectivity index (χ0v) is 12.9. The maximum atomic E-state index is 12.1. The van der Waals surface area contributed by atoms with E-state index in [0.717, 1.165) is 31.7 Å². The first-order valence-corrected chi connectivity index (χ1v) is 7.80. The Morgan fingerprint density at radius 3 is 3.05 bits per heavy atom. The van der Waals surface area contributed by atoms with Crippen molar-refractivity contribution in [3.8, 4) is 5.75 Å². The number of nitrogens with zero attached hydrogens (tertiary/aromatic N) is 1. The highest BCUT2D eigenvalue weighted by Gasteiger charge is 2.47. The summed E-state index contributed by atoms with van der Waals surface area (Å²) in [5, 5.41) is 0. The minimum Gasteiger partial charge on any atom is -0.492 e. The van der Waals surface area contributed by atoms with E-state index in [1.807, 2.05) is 11.8 Å². The van der Waals surface area contributed by atoms with Crippen molar-refractivity contribution in [2.45, 2.75) is 32.1 Å². The van der Waals surface area contributed by atoms with Gasteiger partial charge in [-0.2, -0.15) is 0 Å². The molecule has 0 radical (unpaired) electrons. The van der Waals surface area contributed by atoms with Crippen molar-refractivity contribution in [3.05, 3.63) is 29.3 Å². The molecule has 1 fully saturated rings. The largest absolute Gasteiger partial charge is 0.492 e. The fraction of sp³-hybridized carbons (Fsp3) is 0.588. The molecule has 4 nitrogen and oxygen atoms in total. The van der Waals surface area contributed by atoms with E-state index >= 15 is 0 Å². The Morgan fingerprint density at radius 2 is 2.29 bits per heavy atom. The van der Waals surface area contributed by atoms with Gasteiger partial charge in [-0.25, -0.2) is 0 Å². The number of rotatable bonds is 4. The number of carbonyl (C=O) groups is 1. The number of likely N-dealkylation sites (tertiary alicyclic amines) is 1. The highest BCUT2D eigenvalue weighted by atomic mass is 16.5. The van der Waals surface area contributed by atoms with Gasteiger partial charge in [0.1, 0.15) is 12.4 Å². The number of hydrogen-bond donors (Lipinski definition) is 0. The summed E-state index contributed by atoms with van der Waals surface area (Å²) in [4.78, 5) is 14.1. The van der Waals surface area contributed by atoms with Gasteiger partial charge < -0.3 is 14.4 Å². The third kappa shape index (κ3) is 2.53. The van der Waals surface area contributed by atoms with E-state index in [2.05, 4.69) is 25.1 Å². The van der Waals surface area contributed by atoms with Crippen LogP contribution in [0.3, 0.4) is 0 Å². The molecule has 2 aliphatic heterocycles. The van der Waals surface area contributed by atoms with Crippen molar-refractivity contribution < 1.29 is 14.3 Å². The molecular weight excluding hydrogens is 266 g/mol. The first kappa shape index (κ1) is 14.4. The van der Waals surface area contributed by atoms with Gasteiger partial charge in [-0.15, -0.1) is 0 Å². The first-order chi connectivity index (χ1) is 10.2. The van der Waals surface area contributed by atoms with Gasteiger partial charge in [0.15, 0.2) is 0 Å². The zero-order chi connectivity index (χ0) is 14.9. The molecule has 4 heteroatoms. The smallest absolute Gasteiger partial charge is 0.248 e. The minimum atomic E-state index is -0.0115. The fourth-order valence-electron chi connectivity index (χ4n) is 3.33. The second-order valence-corrected chi connectivity index (χ2v) is 5.96. The molecule has 0 aliphatic carbocycles. The van der Waals surface area contributed by atoms with Gasteiger partial charge in [0.25, 0.3) is 0 Å². The maximum Gasteiger partial charge on any atom is 0.248 e. The van der Waals surface area contributed by atoms with Gasteiger partial charge in [0.05, 0.1) is 12.0 Å². The van der Waals surface area contributed by atoms with Crippen molar-refractivity contribution in [1.29, 1.82) is 0 Å². The van der Waals surface area contributed by atoms with E-state index in [9.17, 15) is 4.79 Å². The molecule has 2 heterocycles. The molecule has 1 saturated heterocycles. The second kappa shape index (κ2) is 5.68. The summed E-state index contributed by atoms with van der Waals surface area (Å²) >= 11 is 0. The predicted octanol–water partition coefficient (Wildman–Crippen LogP) is 2.15. The van der Waals surface area contributed by atoms with Crippen molar-refractivity contribution in [2.24, 2.45) is 0 Å². The SMILES string of the molecule is CCOCC(=O)N1CCC2(COc3ccc(CC)cc32)C1. The third-order valence-electron chi connectivity index (χ3n) is 4.66. The number of aryl methyl sites for hydroxylation is 1. The summed E-state index contributed by atoms with van der Waals surface area (Å²) in [5.41, 5.74) is 2.61. The fourth-order valence-corrected chi connectivity index (χ4v) is 3.33. The molecule has 1 unspecified atom stereocenters. The van der Waals surface area contributed by atoms with Gasteiger partial charge in [-0.1, -0.05) is 19.1 Å². The number of carbonyl (C=O) groups excluding carboxylic acids is 1. The summed E-state index contributed by atoms with van der Waals surface area (Å²) in [6, 6.07) is 6.47. The van der Waals surface area contributed by atoms with E-state index in [-0.39, 0.29) is 17.9 Å². The number of benzene rings is 1. The van der Waals surface area contributed by atoms with E-state index in [4.69, 9.17) is 9.47 Å². The van der Waals surface area contributed by atoms with Crippen LogP contribution in [0.5, 0.6) is 5.75 Å². The summed E-state index contributed by atoms with van der Waals surface area (Å²) < 4.78 is 11.1. The van der Waals surface area contributed by atoms with Gasteiger partial charge >= 0.3 is 0 Å². The monoisotopic (exact) mass is 289 g/mol. The van der Waals surface area contributed by atoms with Crippen LogP contribution in [-0.2, 0) is 21.4 Å². The Hall–Kier alpha value is -1.55. The van der Waals surface area contributed by atoms with Crippen molar-refractivity contribution in [3.63, 3.8) is 0 Å². The minimum absolute atomic E-state index is 0.0115. The molecule has 0 saturated carbocycles. The molecule has 1 atom stereocenters.